The SMILES string of the molecule is COc1ccc(CC(=O)N2CC(C)N(C)C(C(F)(F)F)C2)cc1. The average molecular weight is 330 g/mol. The van der Waals surface area contributed by atoms with Crippen LogP contribution in [0.15, 0.2) is 24.3 Å². The number of carbonyl (C=O) groups excluding carboxylic acids is 1. The Kier molecular flexibility index (Phi) is 5.19. The van der Waals surface area contributed by atoms with Crippen LogP contribution in [0.1, 0.15) is 12.5 Å². The van der Waals surface area contributed by atoms with Crippen LogP contribution < -0.4 is 4.74 Å². The minimum Gasteiger partial charge on any atom is -0.497 e. The highest BCUT2D eigenvalue weighted by atomic mass is 19.4. The van der Waals surface area contributed by atoms with Crippen LogP contribution in [0, 0.1) is 0 Å². The van der Waals surface area contributed by atoms with Crippen molar-refractivity contribution in [3.8, 4) is 5.75 Å². The summed E-state index contributed by atoms with van der Waals surface area (Å²) in [5, 5.41) is 0. The number of halogens is 3. The lowest BCUT2D eigenvalue weighted by atomic mass is 10.1. The molecule has 0 N–H and O–H groups in total. The molecule has 1 heterocycles. The fraction of sp³-hybridized carbons (Fsp3) is 0.562. The summed E-state index contributed by atoms with van der Waals surface area (Å²) >= 11 is 0. The maximum atomic E-state index is 13.1. The van der Waals surface area contributed by atoms with Crippen LogP contribution in [0.25, 0.3) is 0 Å². The van der Waals surface area contributed by atoms with Gasteiger partial charge in [0, 0.05) is 19.1 Å². The first-order valence-electron chi connectivity index (χ1n) is 7.41. The molecule has 1 aliphatic rings. The minimum absolute atomic E-state index is 0.0883. The van der Waals surface area contributed by atoms with E-state index in [1.54, 1.807) is 38.3 Å². The van der Waals surface area contributed by atoms with Crippen molar-refractivity contribution in [2.24, 2.45) is 0 Å². The number of methoxy groups -OCH3 is 1. The molecular formula is C16H21F3N2O2. The summed E-state index contributed by atoms with van der Waals surface area (Å²) in [5.41, 5.74) is 0.755. The largest absolute Gasteiger partial charge is 0.497 e. The zero-order valence-electron chi connectivity index (χ0n) is 13.4. The first-order chi connectivity index (χ1) is 10.7. The molecule has 1 aromatic rings. The van der Waals surface area contributed by atoms with Crippen molar-refractivity contribution in [3.63, 3.8) is 0 Å². The van der Waals surface area contributed by atoms with Crippen molar-refractivity contribution in [3.05, 3.63) is 29.8 Å². The van der Waals surface area contributed by atoms with E-state index in [1.165, 1.54) is 16.8 Å². The summed E-state index contributed by atoms with van der Waals surface area (Å²) in [6.45, 7) is 1.68. The van der Waals surface area contributed by atoms with E-state index in [4.69, 9.17) is 4.74 Å². The van der Waals surface area contributed by atoms with Crippen LogP contribution in [0.4, 0.5) is 13.2 Å². The molecule has 0 aromatic heterocycles. The molecule has 0 aliphatic carbocycles. The van der Waals surface area contributed by atoms with Crippen molar-refractivity contribution in [1.29, 1.82) is 0 Å². The second-order valence-corrected chi connectivity index (χ2v) is 5.90. The van der Waals surface area contributed by atoms with E-state index in [0.717, 1.165) is 5.56 Å². The molecule has 23 heavy (non-hydrogen) atoms. The first kappa shape index (κ1) is 17.6. The number of likely N-dealkylation sites (N-methyl/N-ethyl adjacent to an activating group) is 1. The lowest BCUT2D eigenvalue weighted by Gasteiger charge is -2.44. The summed E-state index contributed by atoms with van der Waals surface area (Å²) in [7, 11) is 3.00. The van der Waals surface area contributed by atoms with E-state index in [2.05, 4.69) is 0 Å². The van der Waals surface area contributed by atoms with Gasteiger partial charge in [0.1, 0.15) is 11.8 Å². The van der Waals surface area contributed by atoms with Gasteiger partial charge < -0.3 is 9.64 Å². The third-order valence-corrected chi connectivity index (χ3v) is 4.31. The van der Waals surface area contributed by atoms with Gasteiger partial charge in [-0.25, -0.2) is 0 Å². The Morgan fingerprint density at radius 1 is 1.26 bits per heavy atom. The number of hydrogen-bond acceptors (Lipinski definition) is 3. The van der Waals surface area contributed by atoms with E-state index in [1.807, 2.05) is 0 Å². The summed E-state index contributed by atoms with van der Waals surface area (Å²) in [5.74, 6) is 0.385. The molecule has 2 unspecified atom stereocenters. The van der Waals surface area contributed by atoms with Gasteiger partial charge in [-0.1, -0.05) is 12.1 Å². The summed E-state index contributed by atoms with van der Waals surface area (Å²) in [6, 6.07) is 5.00. The second-order valence-electron chi connectivity index (χ2n) is 5.90. The fourth-order valence-electron chi connectivity index (χ4n) is 2.73. The van der Waals surface area contributed by atoms with Crippen LogP contribution in [0.5, 0.6) is 5.75 Å². The van der Waals surface area contributed by atoms with E-state index in [9.17, 15) is 18.0 Å². The van der Waals surface area contributed by atoms with Gasteiger partial charge in [-0.2, -0.15) is 13.2 Å². The fourth-order valence-corrected chi connectivity index (χ4v) is 2.73. The Bertz CT molecular complexity index is 545. The highest BCUT2D eigenvalue weighted by Gasteiger charge is 2.47. The Morgan fingerprint density at radius 2 is 1.87 bits per heavy atom. The molecule has 0 bridgehead atoms. The minimum atomic E-state index is -4.35. The number of alkyl halides is 3. The molecule has 1 amide bonds. The van der Waals surface area contributed by atoms with Crippen molar-refractivity contribution >= 4 is 5.91 Å². The van der Waals surface area contributed by atoms with E-state index in [-0.39, 0.29) is 24.9 Å². The standard InChI is InChI=1S/C16H21F3N2O2/c1-11-9-21(10-14(20(11)2)16(17,18)19)15(22)8-12-4-6-13(23-3)7-5-12/h4-7,11,14H,8-10H2,1-3H3. The zero-order valence-corrected chi connectivity index (χ0v) is 13.4. The number of rotatable bonds is 3. The monoisotopic (exact) mass is 330 g/mol. The lowest BCUT2D eigenvalue weighted by molar-refractivity contribution is -0.200. The van der Waals surface area contributed by atoms with Gasteiger partial charge in [0.05, 0.1) is 13.5 Å². The zero-order chi connectivity index (χ0) is 17.2. The number of nitrogens with zero attached hydrogens (tertiary/aromatic N) is 2. The molecule has 2 atom stereocenters. The van der Waals surface area contributed by atoms with Gasteiger partial charge in [0.25, 0.3) is 0 Å². The van der Waals surface area contributed by atoms with E-state index >= 15 is 0 Å². The summed E-state index contributed by atoms with van der Waals surface area (Å²) in [6.07, 6.45) is -4.26. The molecule has 2 rings (SSSR count). The Balaban J connectivity index is 2.06. The van der Waals surface area contributed by atoms with E-state index < -0.39 is 12.2 Å². The van der Waals surface area contributed by atoms with Crippen LogP contribution >= 0.6 is 0 Å². The van der Waals surface area contributed by atoms with Gasteiger partial charge in [0.2, 0.25) is 5.91 Å². The topological polar surface area (TPSA) is 32.8 Å². The van der Waals surface area contributed by atoms with Crippen LogP contribution in [0.3, 0.4) is 0 Å². The lowest BCUT2D eigenvalue weighted by Crippen LogP contribution is -2.62. The maximum Gasteiger partial charge on any atom is 0.405 e. The molecule has 0 radical (unpaired) electrons. The van der Waals surface area contributed by atoms with Gasteiger partial charge in [0.15, 0.2) is 0 Å². The van der Waals surface area contributed by atoms with E-state index in [0.29, 0.717) is 12.3 Å². The molecule has 0 saturated carbocycles. The molecule has 1 fully saturated rings. The molecular weight excluding hydrogens is 309 g/mol. The van der Waals surface area contributed by atoms with Crippen molar-refractivity contribution < 1.29 is 22.7 Å². The van der Waals surface area contributed by atoms with Crippen LogP contribution in [-0.2, 0) is 11.2 Å². The van der Waals surface area contributed by atoms with Gasteiger partial charge in [-0.3, -0.25) is 9.69 Å². The van der Waals surface area contributed by atoms with Crippen molar-refractivity contribution in [2.45, 2.75) is 31.6 Å². The van der Waals surface area contributed by atoms with Crippen molar-refractivity contribution in [2.75, 3.05) is 27.2 Å². The second kappa shape index (κ2) is 6.78. The third-order valence-electron chi connectivity index (χ3n) is 4.31. The van der Waals surface area contributed by atoms with Crippen LogP contribution in [-0.4, -0.2) is 61.2 Å². The molecule has 128 valence electrons. The quantitative estimate of drug-likeness (QED) is 0.853. The Labute approximate surface area is 133 Å². The van der Waals surface area contributed by atoms with Crippen molar-refractivity contribution in [1.82, 2.24) is 9.80 Å². The number of carbonyl (C=O) groups is 1. The summed E-state index contributed by atoms with van der Waals surface area (Å²) in [4.78, 5) is 15.0. The number of ether oxygens (including phenoxy) is 1. The number of amides is 1. The molecule has 0 spiro atoms. The van der Waals surface area contributed by atoms with Gasteiger partial charge in [-0.15, -0.1) is 0 Å². The molecule has 1 saturated heterocycles. The smallest absolute Gasteiger partial charge is 0.405 e. The number of hydrogen-bond donors (Lipinski definition) is 0. The van der Waals surface area contributed by atoms with Gasteiger partial charge >= 0.3 is 6.18 Å². The molecule has 7 heteroatoms. The van der Waals surface area contributed by atoms with Gasteiger partial charge in [-0.05, 0) is 31.7 Å². The molecule has 4 nitrogen and oxygen atoms in total. The maximum absolute atomic E-state index is 13.1. The average Bonchev–Trinajstić information content (AvgIpc) is 2.49. The molecule has 1 aliphatic heterocycles. The predicted molar refractivity (Wildman–Crippen MR) is 80.3 cm³/mol. The highest BCUT2D eigenvalue weighted by Crippen LogP contribution is 2.29. The Hall–Kier alpha value is -1.76. The normalized spacial score (nSPS) is 23.0. The van der Waals surface area contributed by atoms with Crippen LogP contribution in [0.2, 0.25) is 0 Å². The highest BCUT2D eigenvalue weighted by molar-refractivity contribution is 5.79. The summed E-state index contributed by atoms with van der Waals surface area (Å²) < 4.78 is 44.4. The predicted octanol–water partition coefficient (Wildman–Crippen LogP) is 2.33. The number of benzene rings is 1. The molecule has 1 aromatic carbocycles. The first-order valence-corrected chi connectivity index (χ1v) is 7.41. The third kappa shape index (κ3) is 4.16. The Morgan fingerprint density at radius 3 is 2.39 bits per heavy atom. The number of piperazine rings is 1.